The number of nitrogens with one attached hydrogen (secondary N) is 1. The van der Waals surface area contributed by atoms with E-state index in [1.165, 1.54) is 0 Å². The summed E-state index contributed by atoms with van der Waals surface area (Å²) in [4.78, 5) is 30.5. The van der Waals surface area contributed by atoms with Gasteiger partial charge in [-0.1, -0.05) is 12.1 Å². The molecule has 6 nitrogen and oxygen atoms in total. The number of hydrogen-bond acceptors (Lipinski definition) is 3. The molecule has 0 radical (unpaired) electrons. The smallest absolute Gasteiger partial charge is 0.321 e. The molecule has 3 rings (SSSR count). The number of urea groups is 1. The summed E-state index contributed by atoms with van der Waals surface area (Å²) in [6, 6.07) is 7.74. The van der Waals surface area contributed by atoms with E-state index in [-0.39, 0.29) is 11.9 Å². The Morgan fingerprint density at radius 1 is 1.00 bits per heavy atom. The lowest BCUT2D eigenvalue weighted by atomic mass is 10.2. The number of anilines is 1. The minimum atomic E-state index is -0.0638. The van der Waals surface area contributed by atoms with E-state index in [2.05, 4.69) is 10.2 Å². The molecule has 0 bridgehead atoms. The quantitative estimate of drug-likeness (QED) is 0.919. The molecule has 2 aliphatic heterocycles. The van der Waals surface area contributed by atoms with E-state index in [9.17, 15) is 9.59 Å². The Kier molecular flexibility index (Phi) is 5.35. The molecule has 6 heteroatoms. The molecule has 2 heterocycles. The predicted molar refractivity (Wildman–Crippen MR) is 94.0 cm³/mol. The number of rotatable bonds is 3. The van der Waals surface area contributed by atoms with Crippen LogP contribution in [0.25, 0.3) is 0 Å². The van der Waals surface area contributed by atoms with Crippen LogP contribution in [0.1, 0.15) is 18.4 Å². The highest BCUT2D eigenvalue weighted by Gasteiger charge is 2.25. The van der Waals surface area contributed by atoms with Crippen molar-refractivity contribution < 1.29 is 9.59 Å². The Labute approximate surface area is 143 Å². The minimum Gasteiger partial charge on any atom is -0.342 e. The highest BCUT2D eigenvalue weighted by Crippen LogP contribution is 2.12. The third-order valence-corrected chi connectivity index (χ3v) is 4.75. The zero-order valence-electron chi connectivity index (χ0n) is 14.3. The minimum absolute atomic E-state index is 0.0638. The number of likely N-dealkylation sites (tertiary alicyclic amines) is 1. The van der Waals surface area contributed by atoms with Gasteiger partial charge < -0.3 is 15.1 Å². The number of carbonyl (C=O) groups is 2. The Hall–Kier alpha value is -2.08. The maximum atomic E-state index is 12.3. The van der Waals surface area contributed by atoms with Crippen LogP contribution < -0.4 is 5.32 Å². The summed E-state index contributed by atoms with van der Waals surface area (Å²) in [5, 5.41) is 2.95. The van der Waals surface area contributed by atoms with Crippen molar-refractivity contribution in [2.45, 2.75) is 19.8 Å². The van der Waals surface area contributed by atoms with Crippen LogP contribution in [0.2, 0.25) is 0 Å². The molecule has 0 aromatic heterocycles. The molecule has 0 saturated carbocycles. The van der Waals surface area contributed by atoms with Crippen LogP contribution in [0.4, 0.5) is 10.5 Å². The van der Waals surface area contributed by atoms with Crippen LogP contribution >= 0.6 is 0 Å². The number of piperazine rings is 1. The highest BCUT2D eigenvalue weighted by atomic mass is 16.2. The van der Waals surface area contributed by atoms with E-state index < -0.39 is 0 Å². The molecule has 130 valence electrons. The van der Waals surface area contributed by atoms with Gasteiger partial charge >= 0.3 is 6.03 Å². The second kappa shape index (κ2) is 7.66. The molecule has 1 aromatic rings. The Balaban J connectivity index is 1.44. The number of carbonyl (C=O) groups excluding carboxylic acids is 2. The summed E-state index contributed by atoms with van der Waals surface area (Å²) in [6.45, 7) is 7.10. The molecule has 24 heavy (non-hydrogen) atoms. The second-order valence-corrected chi connectivity index (χ2v) is 6.65. The molecular weight excluding hydrogens is 304 g/mol. The van der Waals surface area contributed by atoms with Gasteiger partial charge in [-0.3, -0.25) is 9.69 Å². The zero-order valence-corrected chi connectivity index (χ0v) is 14.3. The monoisotopic (exact) mass is 330 g/mol. The van der Waals surface area contributed by atoms with Crippen molar-refractivity contribution in [3.05, 3.63) is 29.8 Å². The van der Waals surface area contributed by atoms with Crippen LogP contribution in [0.15, 0.2) is 24.3 Å². The molecule has 3 amide bonds. The summed E-state index contributed by atoms with van der Waals surface area (Å²) in [5.41, 5.74) is 1.95. The van der Waals surface area contributed by atoms with Gasteiger partial charge in [0, 0.05) is 45.0 Å². The zero-order chi connectivity index (χ0) is 16.9. The van der Waals surface area contributed by atoms with Crippen LogP contribution in [-0.2, 0) is 4.79 Å². The van der Waals surface area contributed by atoms with Gasteiger partial charge in [-0.05, 0) is 37.5 Å². The summed E-state index contributed by atoms with van der Waals surface area (Å²) in [7, 11) is 0. The number of amides is 3. The van der Waals surface area contributed by atoms with Gasteiger partial charge in [-0.2, -0.15) is 0 Å². The Morgan fingerprint density at radius 3 is 2.38 bits per heavy atom. The second-order valence-electron chi connectivity index (χ2n) is 6.65. The van der Waals surface area contributed by atoms with Crippen molar-refractivity contribution >= 4 is 17.6 Å². The lowest BCUT2D eigenvalue weighted by molar-refractivity contribution is -0.131. The van der Waals surface area contributed by atoms with Crippen LogP contribution in [0.5, 0.6) is 0 Å². The van der Waals surface area contributed by atoms with Gasteiger partial charge in [0.1, 0.15) is 0 Å². The standard InChI is InChI=1S/C18H26N4O2/c1-15-5-4-6-16(13-15)19-18(24)22-11-9-20(10-12-22)14-17(23)21-7-2-3-8-21/h4-6,13H,2-3,7-12,14H2,1H3,(H,19,24). The fourth-order valence-electron chi connectivity index (χ4n) is 3.29. The maximum absolute atomic E-state index is 12.3. The van der Waals surface area contributed by atoms with Gasteiger partial charge in [0.25, 0.3) is 0 Å². The molecular formula is C18H26N4O2. The highest BCUT2D eigenvalue weighted by molar-refractivity contribution is 5.89. The van der Waals surface area contributed by atoms with E-state index in [4.69, 9.17) is 0 Å². The Bertz CT molecular complexity index is 590. The number of hydrogen-bond donors (Lipinski definition) is 1. The molecule has 0 unspecified atom stereocenters. The fourth-order valence-corrected chi connectivity index (χ4v) is 3.29. The average molecular weight is 330 g/mol. The lowest BCUT2D eigenvalue weighted by Gasteiger charge is -2.35. The first-order valence-corrected chi connectivity index (χ1v) is 8.74. The molecule has 2 aliphatic rings. The van der Waals surface area contributed by atoms with Gasteiger partial charge in [0.2, 0.25) is 5.91 Å². The number of benzene rings is 1. The van der Waals surface area contributed by atoms with Crippen molar-refractivity contribution in [3.8, 4) is 0 Å². The largest absolute Gasteiger partial charge is 0.342 e. The van der Waals surface area contributed by atoms with Crippen LogP contribution in [0, 0.1) is 6.92 Å². The van der Waals surface area contributed by atoms with E-state index >= 15 is 0 Å². The molecule has 1 N–H and O–H groups in total. The fraction of sp³-hybridized carbons (Fsp3) is 0.556. The summed E-state index contributed by atoms with van der Waals surface area (Å²) in [6.07, 6.45) is 2.25. The lowest BCUT2D eigenvalue weighted by Crippen LogP contribution is -2.52. The van der Waals surface area contributed by atoms with Crippen molar-refractivity contribution in [1.82, 2.24) is 14.7 Å². The molecule has 2 fully saturated rings. The van der Waals surface area contributed by atoms with Crippen molar-refractivity contribution in [3.63, 3.8) is 0 Å². The van der Waals surface area contributed by atoms with Crippen molar-refractivity contribution in [1.29, 1.82) is 0 Å². The van der Waals surface area contributed by atoms with Gasteiger partial charge in [-0.15, -0.1) is 0 Å². The third kappa shape index (κ3) is 4.26. The molecule has 1 aromatic carbocycles. The van der Waals surface area contributed by atoms with E-state index in [0.29, 0.717) is 19.6 Å². The van der Waals surface area contributed by atoms with Crippen molar-refractivity contribution in [2.24, 2.45) is 0 Å². The third-order valence-electron chi connectivity index (χ3n) is 4.75. The summed E-state index contributed by atoms with van der Waals surface area (Å²) >= 11 is 0. The molecule has 0 atom stereocenters. The molecule has 2 saturated heterocycles. The van der Waals surface area contributed by atoms with Crippen LogP contribution in [-0.4, -0.2) is 72.5 Å². The van der Waals surface area contributed by atoms with Gasteiger partial charge in [0.15, 0.2) is 0 Å². The summed E-state index contributed by atoms with van der Waals surface area (Å²) < 4.78 is 0. The first-order valence-electron chi connectivity index (χ1n) is 8.74. The van der Waals surface area contributed by atoms with E-state index in [1.807, 2.05) is 41.0 Å². The van der Waals surface area contributed by atoms with Crippen molar-refractivity contribution in [2.75, 3.05) is 51.1 Å². The Morgan fingerprint density at radius 2 is 1.71 bits per heavy atom. The number of nitrogens with zero attached hydrogens (tertiary/aromatic N) is 3. The average Bonchev–Trinajstić information content (AvgIpc) is 3.10. The van der Waals surface area contributed by atoms with E-state index in [1.54, 1.807) is 0 Å². The van der Waals surface area contributed by atoms with Gasteiger partial charge in [0.05, 0.1) is 6.54 Å². The van der Waals surface area contributed by atoms with Gasteiger partial charge in [-0.25, -0.2) is 4.79 Å². The van der Waals surface area contributed by atoms with Crippen LogP contribution in [0.3, 0.4) is 0 Å². The summed E-state index contributed by atoms with van der Waals surface area (Å²) in [5.74, 6) is 0.227. The SMILES string of the molecule is Cc1cccc(NC(=O)N2CCN(CC(=O)N3CCCC3)CC2)c1. The number of aryl methyl sites for hydroxylation is 1. The predicted octanol–water partition coefficient (Wildman–Crippen LogP) is 1.77. The molecule has 0 spiro atoms. The topological polar surface area (TPSA) is 55.9 Å². The maximum Gasteiger partial charge on any atom is 0.321 e. The normalized spacial score (nSPS) is 18.7. The van der Waals surface area contributed by atoms with E-state index in [0.717, 1.165) is 50.3 Å². The first kappa shape index (κ1) is 16.8. The first-order chi connectivity index (χ1) is 11.6. The molecule has 0 aliphatic carbocycles.